The standard InChI is InChI=1S/C13H18N2O2/c1-9(2)14-15-13(16)8-17-12-6-5-10(3)7-11(12)4/h5-7H,8H2,1-4H3,(H,15,16). The van der Waals surface area contributed by atoms with Gasteiger partial charge in [-0.3, -0.25) is 4.79 Å². The Bertz CT molecular complexity index is 435. The van der Waals surface area contributed by atoms with Crippen molar-refractivity contribution in [3.8, 4) is 5.75 Å². The molecule has 92 valence electrons. The number of carbonyl (C=O) groups is 1. The topological polar surface area (TPSA) is 50.7 Å². The second kappa shape index (κ2) is 6.03. The van der Waals surface area contributed by atoms with Gasteiger partial charge in [-0.1, -0.05) is 17.7 Å². The molecule has 0 aliphatic carbocycles. The van der Waals surface area contributed by atoms with E-state index in [1.165, 1.54) is 5.56 Å². The molecule has 0 aliphatic heterocycles. The van der Waals surface area contributed by atoms with Crippen molar-refractivity contribution in [1.29, 1.82) is 0 Å². The van der Waals surface area contributed by atoms with Crippen LogP contribution in [0.25, 0.3) is 0 Å². The summed E-state index contributed by atoms with van der Waals surface area (Å²) in [7, 11) is 0. The van der Waals surface area contributed by atoms with Gasteiger partial charge in [-0.15, -0.1) is 0 Å². The van der Waals surface area contributed by atoms with E-state index < -0.39 is 0 Å². The maximum absolute atomic E-state index is 11.4. The summed E-state index contributed by atoms with van der Waals surface area (Å²) in [6.07, 6.45) is 0. The third kappa shape index (κ3) is 4.68. The molecule has 0 aliphatic rings. The molecule has 0 aromatic heterocycles. The van der Waals surface area contributed by atoms with Crippen LogP contribution in [0.4, 0.5) is 0 Å². The first-order valence-corrected chi connectivity index (χ1v) is 5.49. The Labute approximate surface area is 102 Å². The molecule has 4 heteroatoms. The zero-order valence-corrected chi connectivity index (χ0v) is 10.7. The summed E-state index contributed by atoms with van der Waals surface area (Å²) in [5, 5.41) is 3.81. The molecule has 1 aromatic carbocycles. The predicted molar refractivity (Wildman–Crippen MR) is 68.3 cm³/mol. The minimum Gasteiger partial charge on any atom is -0.483 e. The van der Waals surface area contributed by atoms with Crippen LogP contribution >= 0.6 is 0 Å². The quantitative estimate of drug-likeness (QED) is 0.641. The van der Waals surface area contributed by atoms with Crippen LogP contribution in [0.15, 0.2) is 23.3 Å². The molecule has 0 fully saturated rings. The third-order valence-corrected chi connectivity index (χ3v) is 2.09. The van der Waals surface area contributed by atoms with Gasteiger partial charge in [0, 0.05) is 5.71 Å². The Balaban J connectivity index is 2.50. The molecule has 0 saturated carbocycles. The van der Waals surface area contributed by atoms with Crippen molar-refractivity contribution in [3.05, 3.63) is 29.3 Å². The van der Waals surface area contributed by atoms with Gasteiger partial charge in [0.2, 0.25) is 0 Å². The minimum absolute atomic E-state index is 0.0271. The molecule has 1 aromatic rings. The van der Waals surface area contributed by atoms with E-state index in [1.54, 1.807) is 0 Å². The van der Waals surface area contributed by atoms with Gasteiger partial charge in [-0.2, -0.15) is 5.10 Å². The molecule has 0 spiro atoms. The van der Waals surface area contributed by atoms with Gasteiger partial charge in [-0.25, -0.2) is 5.43 Å². The van der Waals surface area contributed by atoms with E-state index in [0.29, 0.717) is 0 Å². The highest BCUT2D eigenvalue weighted by atomic mass is 16.5. The van der Waals surface area contributed by atoms with Gasteiger partial charge >= 0.3 is 0 Å². The molecule has 1 rings (SSSR count). The smallest absolute Gasteiger partial charge is 0.277 e. The predicted octanol–water partition coefficient (Wildman–Crippen LogP) is 2.19. The SMILES string of the molecule is CC(C)=NNC(=O)COc1ccc(C)cc1C. The lowest BCUT2D eigenvalue weighted by atomic mass is 10.1. The van der Waals surface area contributed by atoms with Crippen LogP contribution in [0.5, 0.6) is 5.75 Å². The number of hydrogen-bond acceptors (Lipinski definition) is 3. The molecule has 0 bridgehead atoms. The first kappa shape index (κ1) is 13.2. The number of rotatable bonds is 4. The average Bonchev–Trinajstić information content (AvgIpc) is 2.25. The Hall–Kier alpha value is -1.84. The zero-order chi connectivity index (χ0) is 12.8. The summed E-state index contributed by atoms with van der Waals surface area (Å²) in [6, 6.07) is 5.84. The highest BCUT2D eigenvalue weighted by Crippen LogP contribution is 2.18. The van der Waals surface area contributed by atoms with Crippen molar-refractivity contribution in [1.82, 2.24) is 5.43 Å². The minimum atomic E-state index is -0.258. The lowest BCUT2D eigenvalue weighted by molar-refractivity contribution is -0.123. The Morgan fingerprint density at radius 1 is 1.35 bits per heavy atom. The molecule has 0 atom stereocenters. The molecular formula is C13H18N2O2. The van der Waals surface area contributed by atoms with Crippen molar-refractivity contribution >= 4 is 11.6 Å². The highest BCUT2D eigenvalue weighted by molar-refractivity contribution is 5.83. The molecule has 0 saturated heterocycles. The largest absolute Gasteiger partial charge is 0.483 e. The summed E-state index contributed by atoms with van der Waals surface area (Å²) in [5.74, 6) is 0.467. The van der Waals surface area contributed by atoms with Gasteiger partial charge in [0.1, 0.15) is 5.75 Å². The number of amides is 1. The Morgan fingerprint density at radius 2 is 2.06 bits per heavy atom. The number of nitrogens with one attached hydrogen (secondary N) is 1. The van der Waals surface area contributed by atoms with E-state index in [9.17, 15) is 4.79 Å². The Morgan fingerprint density at radius 3 is 2.65 bits per heavy atom. The number of carbonyl (C=O) groups excluding carboxylic acids is 1. The summed E-state index contributed by atoms with van der Waals surface area (Å²) in [5.41, 5.74) is 5.40. The second-order valence-corrected chi connectivity index (χ2v) is 4.15. The van der Waals surface area contributed by atoms with Crippen LogP contribution in [0, 0.1) is 13.8 Å². The van der Waals surface area contributed by atoms with Crippen molar-refractivity contribution < 1.29 is 9.53 Å². The highest BCUT2D eigenvalue weighted by Gasteiger charge is 2.03. The van der Waals surface area contributed by atoms with Crippen LogP contribution in [-0.2, 0) is 4.79 Å². The van der Waals surface area contributed by atoms with Gasteiger partial charge in [0.25, 0.3) is 5.91 Å². The van der Waals surface area contributed by atoms with Crippen LogP contribution in [-0.4, -0.2) is 18.2 Å². The first-order valence-electron chi connectivity index (χ1n) is 5.49. The Kier molecular flexibility index (Phi) is 4.69. The van der Waals surface area contributed by atoms with Crippen LogP contribution in [0.3, 0.4) is 0 Å². The molecule has 4 nitrogen and oxygen atoms in total. The van der Waals surface area contributed by atoms with Gasteiger partial charge in [0.05, 0.1) is 0 Å². The number of hydrogen-bond donors (Lipinski definition) is 1. The van der Waals surface area contributed by atoms with E-state index >= 15 is 0 Å². The molecular weight excluding hydrogens is 216 g/mol. The molecule has 0 radical (unpaired) electrons. The van der Waals surface area contributed by atoms with Gasteiger partial charge < -0.3 is 4.74 Å². The first-order chi connectivity index (χ1) is 7.99. The number of benzene rings is 1. The number of aryl methyl sites for hydroxylation is 2. The van der Waals surface area contributed by atoms with E-state index in [1.807, 2.05) is 45.9 Å². The van der Waals surface area contributed by atoms with Crippen molar-refractivity contribution in [2.24, 2.45) is 5.10 Å². The average molecular weight is 234 g/mol. The number of ether oxygens (including phenoxy) is 1. The zero-order valence-electron chi connectivity index (χ0n) is 10.7. The fourth-order valence-corrected chi connectivity index (χ4v) is 1.31. The van der Waals surface area contributed by atoms with Crippen LogP contribution < -0.4 is 10.2 Å². The molecule has 0 heterocycles. The normalized spacial score (nSPS) is 9.65. The lowest BCUT2D eigenvalue weighted by Gasteiger charge is -2.08. The van der Waals surface area contributed by atoms with Crippen molar-refractivity contribution in [3.63, 3.8) is 0 Å². The van der Waals surface area contributed by atoms with E-state index in [-0.39, 0.29) is 12.5 Å². The molecule has 17 heavy (non-hydrogen) atoms. The fourth-order valence-electron chi connectivity index (χ4n) is 1.31. The summed E-state index contributed by atoms with van der Waals surface area (Å²) >= 11 is 0. The second-order valence-electron chi connectivity index (χ2n) is 4.15. The molecule has 0 unspecified atom stereocenters. The lowest BCUT2D eigenvalue weighted by Crippen LogP contribution is -2.25. The van der Waals surface area contributed by atoms with Crippen LogP contribution in [0.1, 0.15) is 25.0 Å². The monoisotopic (exact) mass is 234 g/mol. The number of hydrazone groups is 1. The molecule has 1 N–H and O–H groups in total. The van der Waals surface area contributed by atoms with E-state index in [4.69, 9.17) is 4.74 Å². The van der Waals surface area contributed by atoms with E-state index in [0.717, 1.165) is 17.0 Å². The van der Waals surface area contributed by atoms with Gasteiger partial charge in [-0.05, 0) is 39.3 Å². The van der Waals surface area contributed by atoms with E-state index in [2.05, 4.69) is 10.5 Å². The fraction of sp³-hybridized carbons (Fsp3) is 0.385. The number of nitrogens with zero attached hydrogens (tertiary/aromatic N) is 1. The maximum atomic E-state index is 11.4. The summed E-state index contributed by atoms with van der Waals surface area (Å²) < 4.78 is 5.40. The van der Waals surface area contributed by atoms with Crippen LogP contribution in [0.2, 0.25) is 0 Å². The van der Waals surface area contributed by atoms with Crippen molar-refractivity contribution in [2.75, 3.05) is 6.61 Å². The van der Waals surface area contributed by atoms with Crippen molar-refractivity contribution in [2.45, 2.75) is 27.7 Å². The summed E-state index contributed by atoms with van der Waals surface area (Å²) in [4.78, 5) is 11.4. The third-order valence-electron chi connectivity index (χ3n) is 2.09. The van der Waals surface area contributed by atoms with Gasteiger partial charge in [0.15, 0.2) is 6.61 Å². The maximum Gasteiger partial charge on any atom is 0.277 e. The summed E-state index contributed by atoms with van der Waals surface area (Å²) in [6.45, 7) is 7.56. The molecule has 1 amide bonds.